The van der Waals surface area contributed by atoms with Gasteiger partial charge in [0.1, 0.15) is 11.9 Å². The van der Waals surface area contributed by atoms with E-state index in [0.29, 0.717) is 12.1 Å². The number of hydrogen-bond donors (Lipinski definition) is 1. The Balaban J connectivity index is 1.91. The van der Waals surface area contributed by atoms with Gasteiger partial charge in [-0.2, -0.15) is 0 Å². The van der Waals surface area contributed by atoms with Gasteiger partial charge in [-0.05, 0) is 55.3 Å². The molecule has 0 aliphatic heterocycles. The number of nitrogens with one attached hydrogen (secondary N) is 1. The summed E-state index contributed by atoms with van der Waals surface area (Å²) in [6.07, 6.45) is 5.12. The Bertz CT molecular complexity index is 422. The highest BCUT2D eigenvalue weighted by molar-refractivity contribution is 5.32. The number of ether oxygens (including phenoxy) is 1. The fourth-order valence-corrected chi connectivity index (χ4v) is 2.81. The van der Waals surface area contributed by atoms with Crippen molar-refractivity contribution in [2.24, 2.45) is 0 Å². The Kier molecular flexibility index (Phi) is 5.09. The van der Waals surface area contributed by atoms with Gasteiger partial charge in [0.2, 0.25) is 0 Å². The molecule has 0 radical (unpaired) electrons. The molecule has 0 aromatic heterocycles. The Hall–Kier alpha value is -1.02. The lowest BCUT2D eigenvalue weighted by Gasteiger charge is -2.21. The molecule has 0 amide bonds. The lowest BCUT2D eigenvalue weighted by atomic mass is 9.87. The van der Waals surface area contributed by atoms with Crippen LogP contribution in [-0.4, -0.2) is 18.7 Å². The zero-order valence-corrected chi connectivity index (χ0v) is 13.4. The van der Waals surface area contributed by atoms with E-state index in [0.717, 1.165) is 18.7 Å². The minimum atomic E-state index is 0.181. The summed E-state index contributed by atoms with van der Waals surface area (Å²) < 4.78 is 6.18. The fourth-order valence-electron chi connectivity index (χ4n) is 2.81. The lowest BCUT2D eigenvalue weighted by Crippen LogP contribution is -2.28. The normalized spacial score (nSPS) is 23.0. The van der Waals surface area contributed by atoms with Crippen molar-refractivity contribution in [3.63, 3.8) is 0 Å². The van der Waals surface area contributed by atoms with Crippen molar-refractivity contribution in [1.82, 2.24) is 5.32 Å². The van der Waals surface area contributed by atoms with Crippen LogP contribution in [0.15, 0.2) is 24.3 Å². The minimum absolute atomic E-state index is 0.181. The van der Waals surface area contributed by atoms with Gasteiger partial charge in [-0.15, -0.1) is 0 Å². The van der Waals surface area contributed by atoms with Crippen molar-refractivity contribution in [2.45, 2.75) is 70.9 Å². The molecule has 1 N–H and O–H groups in total. The first-order valence-electron chi connectivity index (χ1n) is 7.99. The summed E-state index contributed by atoms with van der Waals surface area (Å²) in [6, 6.07) is 9.23. The molecule has 0 bridgehead atoms. The number of rotatable bonds is 5. The van der Waals surface area contributed by atoms with E-state index in [1.807, 2.05) is 0 Å². The molecule has 1 aliphatic carbocycles. The van der Waals surface area contributed by atoms with Gasteiger partial charge in [0, 0.05) is 6.04 Å². The number of benzene rings is 1. The highest BCUT2D eigenvalue weighted by atomic mass is 16.5. The van der Waals surface area contributed by atoms with E-state index >= 15 is 0 Å². The topological polar surface area (TPSA) is 21.3 Å². The molecule has 2 nitrogen and oxygen atoms in total. The molecular weight excluding hydrogens is 246 g/mol. The Morgan fingerprint density at radius 2 is 2.05 bits per heavy atom. The summed E-state index contributed by atoms with van der Waals surface area (Å²) >= 11 is 0. The molecule has 20 heavy (non-hydrogen) atoms. The Morgan fingerprint density at radius 3 is 2.75 bits per heavy atom. The summed E-state index contributed by atoms with van der Waals surface area (Å²) in [7, 11) is 0. The second kappa shape index (κ2) is 6.62. The third-order valence-electron chi connectivity index (χ3n) is 4.07. The molecular formula is C18H29NO. The van der Waals surface area contributed by atoms with E-state index in [4.69, 9.17) is 4.74 Å². The molecule has 2 atom stereocenters. The minimum Gasteiger partial charge on any atom is -0.490 e. The van der Waals surface area contributed by atoms with E-state index in [2.05, 4.69) is 57.3 Å². The monoisotopic (exact) mass is 275 g/mol. The van der Waals surface area contributed by atoms with Crippen LogP contribution in [-0.2, 0) is 5.41 Å². The average molecular weight is 275 g/mol. The van der Waals surface area contributed by atoms with Crippen molar-refractivity contribution in [3.8, 4) is 5.75 Å². The smallest absolute Gasteiger partial charge is 0.120 e. The summed E-state index contributed by atoms with van der Waals surface area (Å²) in [6.45, 7) is 10.1. The van der Waals surface area contributed by atoms with Crippen LogP contribution in [0, 0.1) is 0 Å². The Labute approximate surface area is 123 Å². The highest BCUT2D eigenvalue weighted by Gasteiger charge is 2.25. The van der Waals surface area contributed by atoms with Gasteiger partial charge in [0.15, 0.2) is 0 Å². The fraction of sp³-hybridized carbons (Fsp3) is 0.667. The second-order valence-electron chi connectivity index (χ2n) is 6.98. The summed E-state index contributed by atoms with van der Waals surface area (Å²) in [5, 5.41) is 3.60. The predicted molar refractivity (Wildman–Crippen MR) is 85.5 cm³/mol. The molecule has 2 unspecified atom stereocenters. The maximum absolute atomic E-state index is 6.18. The third-order valence-corrected chi connectivity index (χ3v) is 4.07. The molecule has 0 heterocycles. The van der Waals surface area contributed by atoms with Crippen molar-refractivity contribution < 1.29 is 4.74 Å². The van der Waals surface area contributed by atoms with Crippen LogP contribution in [0.4, 0.5) is 0 Å². The van der Waals surface area contributed by atoms with Crippen LogP contribution in [0.1, 0.15) is 58.9 Å². The lowest BCUT2D eigenvalue weighted by molar-refractivity contribution is 0.206. The summed E-state index contributed by atoms with van der Waals surface area (Å²) in [4.78, 5) is 0. The molecule has 1 aliphatic rings. The van der Waals surface area contributed by atoms with Crippen LogP contribution in [0.2, 0.25) is 0 Å². The third kappa shape index (κ3) is 4.24. The molecule has 0 saturated heterocycles. The first-order valence-corrected chi connectivity index (χ1v) is 7.99. The van der Waals surface area contributed by atoms with E-state index < -0.39 is 0 Å². The molecule has 112 valence electrons. The van der Waals surface area contributed by atoms with E-state index in [-0.39, 0.29) is 5.41 Å². The molecule has 2 heteroatoms. The second-order valence-corrected chi connectivity index (χ2v) is 6.98. The van der Waals surface area contributed by atoms with Crippen LogP contribution < -0.4 is 10.1 Å². The molecule has 1 aromatic rings. The van der Waals surface area contributed by atoms with Gasteiger partial charge in [0.05, 0.1) is 0 Å². The van der Waals surface area contributed by atoms with Crippen molar-refractivity contribution in [1.29, 1.82) is 0 Å². The quantitative estimate of drug-likeness (QED) is 0.866. The number of hydrogen-bond acceptors (Lipinski definition) is 2. The van der Waals surface area contributed by atoms with Gasteiger partial charge in [-0.25, -0.2) is 0 Å². The molecule has 0 spiro atoms. The largest absolute Gasteiger partial charge is 0.490 e. The van der Waals surface area contributed by atoms with Gasteiger partial charge in [-0.1, -0.05) is 39.8 Å². The van der Waals surface area contributed by atoms with Gasteiger partial charge >= 0.3 is 0 Å². The SMILES string of the molecule is CCCNC1CCC(Oc2cccc(C(C)(C)C)c2)C1. The van der Waals surface area contributed by atoms with Crippen molar-refractivity contribution in [3.05, 3.63) is 29.8 Å². The van der Waals surface area contributed by atoms with Crippen molar-refractivity contribution in [2.75, 3.05) is 6.54 Å². The van der Waals surface area contributed by atoms with E-state index in [1.54, 1.807) is 0 Å². The van der Waals surface area contributed by atoms with Gasteiger partial charge in [-0.3, -0.25) is 0 Å². The molecule has 1 aromatic carbocycles. The first kappa shape index (κ1) is 15.4. The zero-order valence-electron chi connectivity index (χ0n) is 13.4. The molecule has 2 rings (SSSR count). The van der Waals surface area contributed by atoms with Crippen LogP contribution in [0.3, 0.4) is 0 Å². The average Bonchev–Trinajstić information content (AvgIpc) is 2.83. The predicted octanol–water partition coefficient (Wildman–Crippen LogP) is 4.28. The maximum Gasteiger partial charge on any atom is 0.120 e. The van der Waals surface area contributed by atoms with E-state index in [9.17, 15) is 0 Å². The first-order chi connectivity index (χ1) is 9.49. The molecule has 1 saturated carbocycles. The highest BCUT2D eigenvalue weighted by Crippen LogP contribution is 2.29. The standard InChI is InChI=1S/C18H29NO/c1-5-11-19-15-9-10-17(13-15)20-16-8-6-7-14(12-16)18(2,3)4/h6-8,12,15,17,19H,5,9-11,13H2,1-4H3. The zero-order chi connectivity index (χ0) is 14.6. The molecule has 1 fully saturated rings. The summed E-state index contributed by atoms with van der Waals surface area (Å²) in [5.74, 6) is 1.03. The maximum atomic E-state index is 6.18. The van der Waals surface area contributed by atoms with Crippen LogP contribution in [0.5, 0.6) is 5.75 Å². The van der Waals surface area contributed by atoms with Gasteiger partial charge in [0.25, 0.3) is 0 Å². The van der Waals surface area contributed by atoms with Crippen molar-refractivity contribution >= 4 is 0 Å². The Morgan fingerprint density at radius 1 is 1.25 bits per heavy atom. The van der Waals surface area contributed by atoms with Crippen LogP contribution >= 0.6 is 0 Å². The van der Waals surface area contributed by atoms with Crippen LogP contribution in [0.25, 0.3) is 0 Å². The van der Waals surface area contributed by atoms with Gasteiger partial charge < -0.3 is 10.1 Å². The van der Waals surface area contributed by atoms with E-state index in [1.165, 1.54) is 24.8 Å². The summed E-state index contributed by atoms with van der Waals surface area (Å²) in [5.41, 5.74) is 1.52.